The van der Waals surface area contributed by atoms with Crippen LogP contribution in [0.4, 0.5) is 13.2 Å². The Hall–Kier alpha value is -3.91. The number of allylic oxidation sites excluding steroid dienone is 6. The quantitative estimate of drug-likeness (QED) is 0.367. The van der Waals surface area contributed by atoms with Crippen molar-refractivity contribution in [3.63, 3.8) is 0 Å². The lowest BCUT2D eigenvalue weighted by molar-refractivity contribution is -0.136. The SMILES string of the molecule is N#CN=C1C(c2ccccc2)=C2c3ccc(C(F)(F)F)c4cccc(c34)C2C1C1=CCCC=C1. The Morgan fingerprint density at radius 2 is 1.74 bits per heavy atom. The van der Waals surface area contributed by atoms with Crippen LogP contribution < -0.4 is 0 Å². The number of fused-ring (bicyclic) bond motifs is 3. The van der Waals surface area contributed by atoms with Gasteiger partial charge in [-0.2, -0.15) is 23.4 Å². The molecule has 0 fully saturated rings. The molecule has 5 heteroatoms. The Kier molecular flexibility index (Phi) is 4.60. The lowest BCUT2D eigenvalue weighted by Gasteiger charge is -2.23. The van der Waals surface area contributed by atoms with Crippen LogP contribution in [-0.4, -0.2) is 5.71 Å². The van der Waals surface area contributed by atoms with Gasteiger partial charge in [0.05, 0.1) is 11.3 Å². The predicted octanol–water partition coefficient (Wildman–Crippen LogP) is 7.69. The number of hydrogen-bond donors (Lipinski definition) is 0. The summed E-state index contributed by atoms with van der Waals surface area (Å²) < 4.78 is 41.6. The van der Waals surface area contributed by atoms with Crippen molar-refractivity contribution in [3.8, 4) is 6.19 Å². The van der Waals surface area contributed by atoms with Crippen LogP contribution in [0.25, 0.3) is 21.9 Å². The lowest BCUT2D eigenvalue weighted by Crippen LogP contribution is -2.19. The first-order chi connectivity index (χ1) is 16.5. The monoisotopic (exact) mass is 452 g/mol. The maximum Gasteiger partial charge on any atom is 0.417 e. The van der Waals surface area contributed by atoms with Crippen molar-refractivity contribution in [2.24, 2.45) is 10.9 Å². The molecule has 0 saturated heterocycles. The zero-order chi connectivity index (χ0) is 23.4. The topological polar surface area (TPSA) is 36.1 Å². The molecule has 0 spiro atoms. The molecule has 2 nitrogen and oxygen atoms in total. The average molecular weight is 452 g/mol. The van der Waals surface area contributed by atoms with Crippen LogP contribution in [0.3, 0.4) is 0 Å². The zero-order valence-electron chi connectivity index (χ0n) is 18.1. The molecule has 0 saturated carbocycles. The highest BCUT2D eigenvalue weighted by molar-refractivity contribution is 6.39. The van der Waals surface area contributed by atoms with Crippen LogP contribution in [0, 0.1) is 17.4 Å². The van der Waals surface area contributed by atoms with Crippen LogP contribution >= 0.6 is 0 Å². The Morgan fingerprint density at radius 3 is 2.44 bits per heavy atom. The van der Waals surface area contributed by atoms with Crippen LogP contribution in [0.5, 0.6) is 0 Å². The summed E-state index contributed by atoms with van der Waals surface area (Å²) in [5.74, 6) is -0.424. The molecule has 3 aromatic rings. The number of alkyl halides is 3. The first-order valence-electron chi connectivity index (χ1n) is 11.3. The van der Waals surface area contributed by atoms with Crippen molar-refractivity contribution in [3.05, 3.63) is 107 Å². The summed E-state index contributed by atoms with van der Waals surface area (Å²) in [4.78, 5) is 4.32. The van der Waals surface area contributed by atoms with E-state index in [-0.39, 0.29) is 17.2 Å². The Bertz CT molecular complexity index is 1500. The summed E-state index contributed by atoms with van der Waals surface area (Å²) >= 11 is 0. The number of hydrogen-bond acceptors (Lipinski definition) is 2. The third kappa shape index (κ3) is 2.92. The summed E-state index contributed by atoms with van der Waals surface area (Å²) in [5, 5.41) is 10.5. The second-order valence-electron chi connectivity index (χ2n) is 8.82. The molecular formula is C29H19F3N2. The van der Waals surface area contributed by atoms with Crippen LogP contribution in [0.15, 0.2) is 89.5 Å². The molecule has 0 amide bonds. The minimum atomic E-state index is -4.44. The fourth-order valence-corrected chi connectivity index (χ4v) is 5.88. The van der Waals surface area contributed by atoms with E-state index >= 15 is 0 Å². The fraction of sp³-hybridized carbons (Fsp3) is 0.172. The van der Waals surface area contributed by atoms with Crippen LogP contribution in [0.1, 0.15) is 41.0 Å². The molecule has 0 N–H and O–H groups in total. The largest absolute Gasteiger partial charge is 0.417 e. The number of halogens is 3. The van der Waals surface area contributed by atoms with Gasteiger partial charge in [0.25, 0.3) is 0 Å². The molecule has 2 atom stereocenters. The van der Waals surface area contributed by atoms with E-state index in [9.17, 15) is 18.4 Å². The zero-order valence-corrected chi connectivity index (χ0v) is 18.1. The number of nitriles is 1. The van der Waals surface area contributed by atoms with Gasteiger partial charge in [-0.3, -0.25) is 0 Å². The molecule has 6 rings (SSSR count). The Balaban J connectivity index is 1.72. The van der Waals surface area contributed by atoms with Crippen LogP contribution in [-0.2, 0) is 6.18 Å². The molecule has 3 aromatic carbocycles. The van der Waals surface area contributed by atoms with Crippen molar-refractivity contribution in [2.75, 3.05) is 0 Å². The first-order valence-corrected chi connectivity index (χ1v) is 11.3. The standard InChI is InChI=1S/C29H19F3N2/c30-29(31,32)22-15-14-21-25-19(22)12-7-13-20(25)26-23(17-8-3-1-4-9-17)28(34-16-33)24(27(21)26)18-10-5-2-6-11-18/h2-3,5-15,23,26H,1,4H2. The second-order valence-corrected chi connectivity index (χ2v) is 8.82. The van der Waals surface area contributed by atoms with Gasteiger partial charge in [0.2, 0.25) is 6.19 Å². The number of nitrogens with zero attached hydrogens (tertiary/aromatic N) is 2. The summed E-state index contributed by atoms with van der Waals surface area (Å²) in [6, 6.07) is 17.7. The predicted molar refractivity (Wildman–Crippen MR) is 128 cm³/mol. The minimum absolute atomic E-state index is 0.196. The summed E-state index contributed by atoms with van der Waals surface area (Å²) in [6.45, 7) is 0. The highest BCUT2D eigenvalue weighted by Crippen LogP contribution is 2.60. The Morgan fingerprint density at radius 1 is 0.912 bits per heavy atom. The highest BCUT2D eigenvalue weighted by atomic mass is 19.4. The molecule has 34 heavy (non-hydrogen) atoms. The molecule has 3 aliphatic carbocycles. The van der Waals surface area contributed by atoms with Crippen molar-refractivity contribution in [1.29, 1.82) is 5.26 Å². The maximum absolute atomic E-state index is 13.9. The normalized spacial score (nSPS) is 22.3. The molecular weight excluding hydrogens is 433 g/mol. The third-order valence-corrected chi connectivity index (χ3v) is 7.08. The van der Waals surface area contributed by atoms with Crippen molar-refractivity contribution in [2.45, 2.75) is 24.9 Å². The molecule has 0 bridgehead atoms. The second kappa shape index (κ2) is 7.56. The maximum atomic E-state index is 13.9. The van der Waals surface area contributed by atoms with Gasteiger partial charge < -0.3 is 0 Å². The van der Waals surface area contributed by atoms with E-state index in [1.54, 1.807) is 18.2 Å². The minimum Gasteiger partial charge on any atom is -0.177 e. The summed E-state index contributed by atoms with van der Waals surface area (Å²) in [6.07, 6.45) is 5.77. The molecule has 0 radical (unpaired) electrons. The molecule has 0 aromatic heterocycles. The van der Waals surface area contributed by atoms with E-state index in [0.29, 0.717) is 11.1 Å². The van der Waals surface area contributed by atoms with E-state index in [4.69, 9.17) is 0 Å². The van der Waals surface area contributed by atoms with Gasteiger partial charge in [0.1, 0.15) is 0 Å². The van der Waals surface area contributed by atoms with E-state index in [0.717, 1.165) is 46.3 Å². The highest BCUT2D eigenvalue weighted by Gasteiger charge is 2.48. The fourth-order valence-electron chi connectivity index (χ4n) is 5.88. The summed E-state index contributed by atoms with van der Waals surface area (Å²) in [5.41, 5.74) is 5.54. The third-order valence-electron chi connectivity index (χ3n) is 7.08. The van der Waals surface area contributed by atoms with Crippen LogP contribution in [0.2, 0.25) is 0 Å². The smallest absolute Gasteiger partial charge is 0.177 e. The molecule has 3 aliphatic rings. The molecule has 0 heterocycles. The van der Waals surface area contributed by atoms with Gasteiger partial charge in [-0.25, -0.2) is 0 Å². The molecule has 166 valence electrons. The van der Waals surface area contributed by atoms with Gasteiger partial charge in [0, 0.05) is 17.4 Å². The van der Waals surface area contributed by atoms with Crippen molar-refractivity contribution in [1.82, 2.24) is 0 Å². The first kappa shape index (κ1) is 20.7. The van der Waals surface area contributed by atoms with Crippen molar-refractivity contribution >= 4 is 27.6 Å². The number of aliphatic imine (C=N–C) groups is 1. The van der Waals surface area contributed by atoms with E-state index in [1.165, 1.54) is 6.07 Å². The van der Waals surface area contributed by atoms with Crippen molar-refractivity contribution < 1.29 is 13.2 Å². The van der Waals surface area contributed by atoms with Gasteiger partial charge in [-0.15, -0.1) is 0 Å². The summed E-state index contributed by atoms with van der Waals surface area (Å²) in [7, 11) is 0. The molecule has 2 unspecified atom stereocenters. The van der Waals surface area contributed by atoms with Gasteiger partial charge in [-0.1, -0.05) is 72.8 Å². The van der Waals surface area contributed by atoms with E-state index in [1.807, 2.05) is 42.6 Å². The van der Waals surface area contributed by atoms with E-state index in [2.05, 4.69) is 23.2 Å². The lowest BCUT2D eigenvalue weighted by atomic mass is 9.80. The average Bonchev–Trinajstić information content (AvgIpc) is 3.34. The number of benzene rings is 3. The van der Waals surface area contributed by atoms with Gasteiger partial charge in [0.15, 0.2) is 0 Å². The van der Waals surface area contributed by atoms with Gasteiger partial charge >= 0.3 is 6.18 Å². The van der Waals surface area contributed by atoms with E-state index < -0.39 is 11.7 Å². The molecule has 0 aliphatic heterocycles. The van der Waals surface area contributed by atoms with Gasteiger partial charge in [-0.05, 0) is 57.5 Å². The Labute approximate surface area is 195 Å². The number of rotatable bonds is 2.